The largest absolute Gasteiger partial charge is 0.488 e. The van der Waals surface area contributed by atoms with Crippen LogP contribution in [0.15, 0.2) is 58.0 Å². The fourth-order valence-electron chi connectivity index (χ4n) is 12.2. The highest BCUT2D eigenvalue weighted by Crippen LogP contribution is 2.56. The van der Waals surface area contributed by atoms with Gasteiger partial charge in [-0.05, 0) is 126 Å². The quantitative estimate of drug-likeness (QED) is 0.165. The zero-order valence-corrected chi connectivity index (χ0v) is 39.3. The third kappa shape index (κ3) is 6.18. The topological polar surface area (TPSA) is 162 Å². The first-order valence-electron chi connectivity index (χ1n) is 24.1. The standard InChI is InChI=1S/C51H52F2N10O6/c1-25-15-33(16-26(2)42(25)53)63-45(59-23-34-24-67-44-35-22-54-62(32-8-9-32)39(35)19-36(52)43(44)60(34)49(59)66)41-28(4)58(13-11-37(41)56-63)46(64)40-18-31-17-29(30-12-14-68-50(5,6)21-30)7-10-38(31)61(40)51(20-27(51)3)47-55-48(65)69-57-47/h7,10,15-19,22,27-28,30,32,34H,8-9,11-14,20-21,23-24H2,1-6H3,(H,55,57,65)/t27-,28-,30-,34+,51-/m0/s1. The first-order chi connectivity index (χ1) is 33.1. The number of urea groups is 1. The molecule has 2 saturated carbocycles. The van der Waals surface area contributed by atoms with Crippen molar-refractivity contribution in [3.05, 3.63) is 110 Å². The molecule has 0 unspecified atom stereocenters. The maximum Gasteiger partial charge on any atom is 0.438 e. The van der Waals surface area contributed by atoms with E-state index in [0.29, 0.717) is 82.3 Å². The lowest BCUT2D eigenvalue weighted by Gasteiger charge is -2.35. The van der Waals surface area contributed by atoms with Crippen LogP contribution in [-0.4, -0.2) is 89.1 Å². The number of aromatic amines is 1. The fourth-order valence-corrected chi connectivity index (χ4v) is 12.2. The number of hydrogen-bond acceptors (Lipinski definition) is 9. The lowest BCUT2D eigenvalue weighted by atomic mass is 9.83. The van der Waals surface area contributed by atoms with E-state index in [0.717, 1.165) is 36.6 Å². The van der Waals surface area contributed by atoms with E-state index in [9.17, 15) is 4.79 Å². The van der Waals surface area contributed by atoms with Gasteiger partial charge in [-0.15, -0.1) is 0 Å². The van der Waals surface area contributed by atoms with Crippen molar-refractivity contribution in [2.24, 2.45) is 5.92 Å². The summed E-state index contributed by atoms with van der Waals surface area (Å²) < 4.78 is 54.9. The number of rotatable bonds is 7. The van der Waals surface area contributed by atoms with Crippen molar-refractivity contribution in [2.45, 2.75) is 115 Å². The molecule has 4 aromatic heterocycles. The molecule has 1 N–H and O–H groups in total. The Bertz CT molecular complexity index is 3390. The molecule has 13 rings (SSSR count). The molecule has 5 atom stereocenters. The van der Waals surface area contributed by atoms with Gasteiger partial charge in [-0.3, -0.25) is 28.8 Å². The van der Waals surface area contributed by atoms with Crippen LogP contribution in [0.4, 0.5) is 25.1 Å². The van der Waals surface area contributed by atoms with E-state index in [1.54, 1.807) is 41.8 Å². The SMILES string of the molecule is Cc1cc(-n2nc3c(c2N2C[C@@H]4COc5c(c(F)cc6c5cnn6C5CC5)N4C2=O)[C@H](C)N(C(=O)c2cc4cc([C@H]5CCOC(C)(C)C5)ccc4n2[C@@]2(c4noc(=O)[nH]4)C[C@@H]2C)CC3)cc(C)c1F. The number of fused-ring (bicyclic) bond motifs is 7. The van der Waals surface area contributed by atoms with Crippen molar-refractivity contribution in [1.29, 1.82) is 0 Å². The number of H-pyrrole nitrogens is 1. The van der Waals surface area contributed by atoms with Crippen molar-refractivity contribution >= 4 is 45.2 Å². The van der Waals surface area contributed by atoms with Gasteiger partial charge < -0.3 is 18.9 Å². The third-order valence-corrected chi connectivity index (χ3v) is 15.9. The molecule has 69 heavy (non-hydrogen) atoms. The van der Waals surface area contributed by atoms with E-state index >= 15 is 18.4 Å². The average Bonchev–Trinajstić information content (AvgIpc) is 3.88. The third-order valence-electron chi connectivity index (χ3n) is 15.9. The summed E-state index contributed by atoms with van der Waals surface area (Å²) in [7, 11) is 0. The number of nitrogens with one attached hydrogen (secondary N) is 1. The van der Waals surface area contributed by atoms with Crippen molar-refractivity contribution in [3.63, 3.8) is 0 Å². The van der Waals surface area contributed by atoms with E-state index in [1.165, 1.54) is 16.5 Å². The Labute approximate surface area is 394 Å². The molecule has 4 aliphatic heterocycles. The van der Waals surface area contributed by atoms with Gasteiger partial charge in [-0.2, -0.15) is 10.2 Å². The zero-order chi connectivity index (χ0) is 47.6. The van der Waals surface area contributed by atoms with Gasteiger partial charge in [-0.1, -0.05) is 18.1 Å². The van der Waals surface area contributed by atoms with E-state index in [1.807, 2.05) is 27.1 Å². The Hall–Kier alpha value is -6.82. The van der Waals surface area contributed by atoms with Crippen LogP contribution in [0.25, 0.3) is 27.5 Å². The highest BCUT2D eigenvalue weighted by Gasteiger charge is 2.59. The Morgan fingerprint density at radius 1 is 0.957 bits per heavy atom. The summed E-state index contributed by atoms with van der Waals surface area (Å²) in [6.45, 7) is 12.8. The van der Waals surface area contributed by atoms with Crippen molar-refractivity contribution in [2.75, 3.05) is 36.1 Å². The highest BCUT2D eigenvalue weighted by molar-refractivity contribution is 6.10. The molecule has 16 nitrogen and oxygen atoms in total. The molecular formula is C51H52F2N10O6. The predicted octanol–water partition coefficient (Wildman–Crippen LogP) is 8.51. The molecule has 2 saturated heterocycles. The first-order valence-corrected chi connectivity index (χ1v) is 24.1. The molecule has 0 spiro atoms. The molecule has 356 valence electrons. The van der Waals surface area contributed by atoms with Crippen LogP contribution in [0.5, 0.6) is 5.75 Å². The summed E-state index contributed by atoms with van der Waals surface area (Å²) in [6, 6.07) is 11.7. The molecule has 0 bridgehead atoms. The molecule has 7 aromatic rings. The summed E-state index contributed by atoms with van der Waals surface area (Å²) in [5, 5.41) is 15.5. The van der Waals surface area contributed by atoms with E-state index in [-0.39, 0.29) is 59.8 Å². The second-order valence-corrected chi connectivity index (χ2v) is 20.9. The minimum atomic E-state index is -0.859. The lowest BCUT2D eigenvalue weighted by molar-refractivity contribution is -0.0592. The van der Waals surface area contributed by atoms with Crippen molar-refractivity contribution < 1.29 is 32.4 Å². The number of hydrogen-bond donors (Lipinski definition) is 1. The Balaban J connectivity index is 0.930. The number of benzene rings is 3. The van der Waals surface area contributed by atoms with Gasteiger partial charge in [-0.25, -0.2) is 23.1 Å². The zero-order valence-electron chi connectivity index (χ0n) is 39.3. The molecule has 4 fully saturated rings. The van der Waals surface area contributed by atoms with Gasteiger partial charge in [0.25, 0.3) is 5.91 Å². The molecule has 8 heterocycles. The number of amides is 3. The highest BCUT2D eigenvalue weighted by atomic mass is 19.1. The average molecular weight is 939 g/mol. The molecule has 0 radical (unpaired) electrons. The Morgan fingerprint density at radius 2 is 1.74 bits per heavy atom. The lowest BCUT2D eigenvalue weighted by Crippen LogP contribution is -2.42. The first kappa shape index (κ1) is 42.3. The summed E-state index contributed by atoms with van der Waals surface area (Å²) >= 11 is 0. The van der Waals surface area contributed by atoms with Gasteiger partial charge in [0.15, 0.2) is 17.4 Å². The Morgan fingerprint density at radius 3 is 2.45 bits per heavy atom. The van der Waals surface area contributed by atoms with E-state index in [2.05, 4.69) is 54.2 Å². The number of anilines is 2. The summed E-state index contributed by atoms with van der Waals surface area (Å²) in [5.41, 5.74) is 4.70. The summed E-state index contributed by atoms with van der Waals surface area (Å²) in [6.07, 6.45) is 6.32. The normalized spacial score (nSPS) is 25.0. The second-order valence-electron chi connectivity index (χ2n) is 20.9. The number of nitrogens with zero attached hydrogens (tertiary/aromatic N) is 9. The van der Waals surface area contributed by atoms with Crippen LogP contribution in [0.2, 0.25) is 0 Å². The maximum absolute atomic E-state index is 16.5. The van der Waals surface area contributed by atoms with Crippen LogP contribution < -0.4 is 20.3 Å². The number of carbonyl (C=O) groups excluding carboxylic acids is 2. The van der Waals surface area contributed by atoms with Gasteiger partial charge in [0.2, 0.25) is 0 Å². The van der Waals surface area contributed by atoms with Gasteiger partial charge in [0.05, 0.1) is 58.8 Å². The molecule has 18 heteroatoms. The summed E-state index contributed by atoms with van der Waals surface area (Å²) in [4.78, 5) is 51.1. The smallest absolute Gasteiger partial charge is 0.438 e. The monoisotopic (exact) mass is 938 g/mol. The number of ether oxygens (including phenoxy) is 2. The van der Waals surface area contributed by atoms with Crippen LogP contribution in [0, 0.1) is 31.4 Å². The van der Waals surface area contributed by atoms with Crippen LogP contribution >= 0.6 is 0 Å². The van der Waals surface area contributed by atoms with Crippen LogP contribution in [0.3, 0.4) is 0 Å². The number of halogens is 2. The van der Waals surface area contributed by atoms with E-state index in [4.69, 9.17) is 19.1 Å². The van der Waals surface area contributed by atoms with Gasteiger partial charge in [0, 0.05) is 42.1 Å². The van der Waals surface area contributed by atoms with Gasteiger partial charge in [0.1, 0.15) is 35.2 Å². The van der Waals surface area contributed by atoms with Crippen LogP contribution in [-0.2, 0) is 16.7 Å². The molecule has 3 aromatic carbocycles. The molecule has 3 amide bonds. The maximum atomic E-state index is 16.5. The Kier molecular flexibility index (Phi) is 8.95. The molecular weight excluding hydrogens is 887 g/mol. The van der Waals surface area contributed by atoms with E-state index < -0.39 is 35.2 Å². The van der Waals surface area contributed by atoms with Crippen molar-refractivity contribution in [1.82, 2.24) is 39.2 Å². The minimum absolute atomic E-state index is 0.00153. The minimum Gasteiger partial charge on any atom is -0.488 e. The number of aryl methyl sites for hydroxylation is 2. The molecule has 6 aliphatic rings. The second kappa shape index (κ2) is 14.6. The van der Waals surface area contributed by atoms with Gasteiger partial charge >= 0.3 is 11.8 Å². The molecule has 2 aliphatic carbocycles. The van der Waals surface area contributed by atoms with Crippen molar-refractivity contribution in [3.8, 4) is 11.4 Å². The number of carbonyl (C=O) groups is 2. The predicted molar refractivity (Wildman–Crippen MR) is 251 cm³/mol. The summed E-state index contributed by atoms with van der Waals surface area (Å²) in [5.74, 6) is -0.523. The van der Waals surface area contributed by atoms with Crippen LogP contribution in [0.1, 0.15) is 122 Å². The fraction of sp³-hybridized carbons (Fsp3) is 0.451. The number of aromatic nitrogens is 7.